The number of benzene rings is 2. The quantitative estimate of drug-likeness (QED) is 0.574. The maximum atomic E-state index is 6.21. The molecule has 22 heavy (non-hydrogen) atoms. The van der Waals surface area contributed by atoms with Gasteiger partial charge in [-0.1, -0.05) is 34.8 Å². The average molecular weight is 357 g/mol. The van der Waals surface area contributed by atoms with Gasteiger partial charge in [-0.2, -0.15) is 5.10 Å². The van der Waals surface area contributed by atoms with E-state index < -0.39 is 0 Å². The molecule has 0 atom stereocenters. The number of nitrogens with zero attached hydrogens (tertiary/aromatic N) is 2. The second kappa shape index (κ2) is 7.23. The van der Waals surface area contributed by atoms with Crippen molar-refractivity contribution in [1.29, 1.82) is 0 Å². The first-order chi connectivity index (χ1) is 10.4. The van der Waals surface area contributed by atoms with Crippen LogP contribution in [0, 0.1) is 0 Å². The second-order valence-corrected chi connectivity index (χ2v) is 6.02. The lowest BCUT2D eigenvalue weighted by Gasteiger charge is -2.17. The molecule has 0 unspecified atom stereocenters. The molecule has 0 bridgehead atoms. The van der Waals surface area contributed by atoms with Gasteiger partial charge in [-0.25, -0.2) is 0 Å². The van der Waals surface area contributed by atoms with E-state index in [0.717, 1.165) is 22.6 Å². The molecule has 0 amide bonds. The third kappa shape index (κ3) is 3.86. The number of hydrogen-bond donors (Lipinski definition) is 1. The fourth-order valence-corrected chi connectivity index (χ4v) is 2.81. The molecule has 0 fully saturated rings. The molecule has 0 spiro atoms. The maximum absolute atomic E-state index is 6.21. The topological polar surface area (TPSA) is 27.6 Å². The number of nitrogens with one attached hydrogen (secondary N) is 1. The summed E-state index contributed by atoms with van der Waals surface area (Å²) in [6.07, 6.45) is 0. The molecular weight excluding hydrogens is 341 g/mol. The van der Waals surface area contributed by atoms with Crippen molar-refractivity contribution in [2.75, 3.05) is 24.4 Å². The fraction of sp³-hybridized carbons (Fsp3) is 0.188. The molecule has 0 aliphatic carbocycles. The summed E-state index contributed by atoms with van der Waals surface area (Å²) in [4.78, 5) is 0. The van der Waals surface area contributed by atoms with Gasteiger partial charge in [0, 0.05) is 35.4 Å². The Morgan fingerprint density at radius 3 is 2.32 bits per heavy atom. The van der Waals surface area contributed by atoms with Crippen molar-refractivity contribution in [3.63, 3.8) is 0 Å². The first kappa shape index (κ1) is 16.9. The average Bonchev–Trinajstić information content (AvgIpc) is 2.46. The van der Waals surface area contributed by atoms with Crippen molar-refractivity contribution in [3.8, 4) is 0 Å². The van der Waals surface area contributed by atoms with Crippen LogP contribution in [0.5, 0.6) is 0 Å². The summed E-state index contributed by atoms with van der Waals surface area (Å²) in [6.45, 7) is 1.92. The Morgan fingerprint density at radius 1 is 1.05 bits per heavy atom. The van der Waals surface area contributed by atoms with E-state index >= 15 is 0 Å². The molecule has 1 N–H and O–H groups in total. The number of anilines is 2. The molecule has 2 rings (SSSR count). The highest BCUT2D eigenvalue weighted by Gasteiger charge is 2.09. The van der Waals surface area contributed by atoms with Crippen LogP contribution in [0.1, 0.15) is 12.5 Å². The van der Waals surface area contributed by atoms with Gasteiger partial charge in [0.05, 0.1) is 16.4 Å². The van der Waals surface area contributed by atoms with Crippen LogP contribution in [0.3, 0.4) is 0 Å². The molecule has 0 saturated heterocycles. The summed E-state index contributed by atoms with van der Waals surface area (Å²) >= 11 is 18.2. The number of hydrazone groups is 1. The van der Waals surface area contributed by atoms with Gasteiger partial charge in [0.2, 0.25) is 0 Å². The first-order valence-electron chi connectivity index (χ1n) is 6.64. The lowest BCUT2D eigenvalue weighted by Crippen LogP contribution is -2.13. The lowest BCUT2D eigenvalue weighted by atomic mass is 10.1. The zero-order chi connectivity index (χ0) is 16.3. The van der Waals surface area contributed by atoms with Crippen LogP contribution in [-0.4, -0.2) is 19.8 Å². The van der Waals surface area contributed by atoms with Crippen LogP contribution in [-0.2, 0) is 0 Å². The molecule has 0 heterocycles. The molecule has 0 radical (unpaired) electrons. The van der Waals surface area contributed by atoms with Gasteiger partial charge in [0.25, 0.3) is 0 Å². The van der Waals surface area contributed by atoms with Crippen molar-refractivity contribution in [2.24, 2.45) is 5.10 Å². The van der Waals surface area contributed by atoms with Crippen LogP contribution < -0.4 is 10.3 Å². The highest BCUT2D eigenvalue weighted by atomic mass is 35.5. The summed E-state index contributed by atoms with van der Waals surface area (Å²) in [5.74, 6) is 0. The van der Waals surface area contributed by atoms with Crippen molar-refractivity contribution in [2.45, 2.75) is 6.92 Å². The van der Waals surface area contributed by atoms with E-state index in [-0.39, 0.29) is 0 Å². The van der Waals surface area contributed by atoms with E-state index in [4.69, 9.17) is 34.8 Å². The Kier molecular flexibility index (Phi) is 5.57. The third-order valence-electron chi connectivity index (χ3n) is 3.20. The Hall–Kier alpha value is -1.42. The second-order valence-electron chi connectivity index (χ2n) is 4.74. The zero-order valence-electron chi connectivity index (χ0n) is 12.5. The van der Waals surface area contributed by atoms with Gasteiger partial charge in [0.15, 0.2) is 0 Å². The summed E-state index contributed by atoms with van der Waals surface area (Å²) < 4.78 is 0. The molecule has 0 aromatic heterocycles. The number of halogens is 3. The Bertz CT molecular complexity index is 714. The van der Waals surface area contributed by atoms with Crippen molar-refractivity contribution in [1.82, 2.24) is 0 Å². The highest BCUT2D eigenvalue weighted by Crippen LogP contribution is 2.29. The minimum absolute atomic E-state index is 0.548. The largest absolute Gasteiger partial charge is 0.388 e. The number of rotatable bonds is 4. The summed E-state index contributed by atoms with van der Waals surface area (Å²) in [7, 11) is 3.70. The van der Waals surface area contributed by atoms with Crippen LogP contribution >= 0.6 is 34.8 Å². The summed E-state index contributed by atoms with van der Waals surface area (Å²) in [6, 6.07) is 10.9. The monoisotopic (exact) mass is 355 g/mol. The molecule has 6 heteroatoms. The van der Waals surface area contributed by atoms with E-state index in [9.17, 15) is 0 Å². The van der Waals surface area contributed by atoms with Crippen LogP contribution in [0.2, 0.25) is 15.1 Å². The highest BCUT2D eigenvalue weighted by molar-refractivity contribution is 6.36. The predicted octanol–water partition coefficient (Wildman–Crippen LogP) is 5.55. The van der Waals surface area contributed by atoms with Crippen molar-refractivity contribution in [3.05, 3.63) is 57.0 Å². The molecule has 116 valence electrons. The van der Waals surface area contributed by atoms with Gasteiger partial charge in [0.1, 0.15) is 0 Å². The summed E-state index contributed by atoms with van der Waals surface area (Å²) in [5.41, 5.74) is 3.49. The molecule has 0 aliphatic heterocycles. The standard InChI is InChI=1S/C16H16Cl3N3/c1-10(13-8-11(17)4-6-15(13)20-2)21-22(3)16-7-5-12(18)9-14(16)19/h4-9,20H,1-3H3/b21-10+. The predicted molar refractivity (Wildman–Crippen MR) is 98.1 cm³/mol. The molecule has 2 aromatic rings. The third-order valence-corrected chi connectivity index (χ3v) is 3.97. The van der Waals surface area contributed by atoms with E-state index in [1.807, 2.05) is 45.3 Å². The molecular formula is C16H16Cl3N3. The van der Waals surface area contributed by atoms with E-state index in [1.54, 1.807) is 17.1 Å². The summed E-state index contributed by atoms with van der Waals surface area (Å²) in [5, 5.41) is 11.2. The van der Waals surface area contributed by atoms with Gasteiger partial charge in [-0.05, 0) is 43.3 Å². The SMILES string of the molecule is CNc1ccc(Cl)cc1/C(C)=N/N(C)c1ccc(Cl)cc1Cl. The Balaban J connectivity index is 2.37. The van der Waals surface area contributed by atoms with E-state index in [0.29, 0.717) is 15.1 Å². The fourth-order valence-electron chi connectivity index (χ4n) is 2.11. The minimum atomic E-state index is 0.548. The zero-order valence-corrected chi connectivity index (χ0v) is 14.8. The van der Waals surface area contributed by atoms with E-state index in [2.05, 4.69) is 10.4 Å². The smallest absolute Gasteiger partial charge is 0.0777 e. The van der Waals surface area contributed by atoms with Crippen LogP contribution in [0.25, 0.3) is 0 Å². The van der Waals surface area contributed by atoms with E-state index in [1.165, 1.54) is 0 Å². The minimum Gasteiger partial charge on any atom is -0.388 e. The molecule has 0 saturated carbocycles. The Labute approximate surface area is 145 Å². The first-order valence-corrected chi connectivity index (χ1v) is 7.77. The number of hydrogen-bond acceptors (Lipinski definition) is 3. The van der Waals surface area contributed by atoms with Crippen molar-refractivity contribution >= 4 is 51.9 Å². The molecule has 3 nitrogen and oxygen atoms in total. The van der Waals surface area contributed by atoms with Gasteiger partial charge < -0.3 is 5.32 Å². The maximum Gasteiger partial charge on any atom is 0.0777 e. The van der Waals surface area contributed by atoms with Gasteiger partial charge >= 0.3 is 0 Å². The van der Waals surface area contributed by atoms with Gasteiger partial charge in [-0.3, -0.25) is 5.01 Å². The van der Waals surface area contributed by atoms with Crippen molar-refractivity contribution < 1.29 is 0 Å². The lowest BCUT2D eigenvalue weighted by molar-refractivity contribution is 1.01. The normalized spacial score (nSPS) is 11.5. The van der Waals surface area contributed by atoms with Crippen LogP contribution in [0.4, 0.5) is 11.4 Å². The molecule has 2 aromatic carbocycles. The molecule has 0 aliphatic rings. The van der Waals surface area contributed by atoms with Crippen LogP contribution in [0.15, 0.2) is 41.5 Å². The van der Waals surface area contributed by atoms with Gasteiger partial charge in [-0.15, -0.1) is 0 Å². The Morgan fingerprint density at radius 2 is 1.68 bits per heavy atom.